The maximum absolute atomic E-state index is 14.4. The molecule has 0 radical (unpaired) electrons. The van der Waals surface area contributed by atoms with Crippen LogP contribution in [0.15, 0.2) is 12.2 Å². The molecule has 0 spiro atoms. The molecule has 0 aromatic rings. The molecule has 1 fully saturated rings. The number of hydroxylamine groups is 1. The number of unbranched alkanes of at least 4 members (excludes halogenated alkanes) is 2. The molecule has 6 nitrogen and oxygen atoms in total. The van der Waals surface area contributed by atoms with Crippen LogP contribution in [0.3, 0.4) is 0 Å². The molecule has 0 aromatic heterocycles. The minimum atomic E-state index is -0.291. The van der Waals surface area contributed by atoms with Gasteiger partial charge in [0, 0.05) is 0 Å². The van der Waals surface area contributed by atoms with Gasteiger partial charge in [-0.05, 0) is 49.7 Å². The number of hydrogen-bond acceptors (Lipinski definition) is 6. The van der Waals surface area contributed by atoms with Crippen LogP contribution in [0.1, 0.15) is 152 Å². The first-order valence-corrected chi connectivity index (χ1v) is 15.5. The van der Waals surface area contributed by atoms with Crippen molar-refractivity contribution in [3.63, 3.8) is 0 Å². The lowest BCUT2D eigenvalue weighted by molar-refractivity contribution is -0.324. The summed E-state index contributed by atoms with van der Waals surface area (Å²) in [4.78, 5) is 16.2. The number of aliphatic hydroxyl groups excluding tert-OH is 1. The van der Waals surface area contributed by atoms with E-state index in [0.717, 1.165) is 82.5 Å². The van der Waals surface area contributed by atoms with E-state index in [2.05, 4.69) is 46.5 Å². The SMILES string of the molecule is C=C(CC)C(CCCC)N(F)OC(CCC)CCCC.CC.CCC.N.O=CC(NCO)C1CCCCC1. The van der Waals surface area contributed by atoms with E-state index in [4.69, 9.17) is 9.94 Å². The van der Waals surface area contributed by atoms with Crippen molar-refractivity contribution in [2.75, 3.05) is 6.73 Å². The van der Waals surface area contributed by atoms with Crippen molar-refractivity contribution in [1.29, 1.82) is 0 Å². The van der Waals surface area contributed by atoms with E-state index in [0.29, 0.717) is 11.2 Å². The fourth-order valence-corrected chi connectivity index (χ4v) is 4.23. The van der Waals surface area contributed by atoms with Crippen molar-refractivity contribution < 1.29 is 19.2 Å². The number of rotatable bonds is 17. The number of halogens is 1. The van der Waals surface area contributed by atoms with Crippen LogP contribution in [0.2, 0.25) is 0 Å². The van der Waals surface area contributed by atoms with Gasteiger partial charge < -0.3 is 16.1 Å². The Morgan fingerprint density at radius 2 is 1.53 bits per heavy atom. The molecule has 1 saturated carbocycles. The first kappa shape index (κ1) is 44.2. The zero-order chi connectivity index (χ0) is 28.9. The molecule has 3 atom stereocenters. The molecule has 3 unspecified atom stereocenters. The Kier molecular flexibility index (Phi) is 39.7. The first-order valence-electron chi connectivity index (χ1n) is 15.5. The van der Waals surface area contributed by atoms with E-state index >= 15 is 0 Å². The molecule has 0 heterocycles. The highest BCUT2D eigenvalue weighted by molar-refractivity contribution is 5.58. The van der Waals surface area contributed by atoms with Crippen LogP contribution >= 0.6 is 0 Å². The van der Waals surface area contributed by atoms with Crippen LogP contribution in [0, 0.1) is 5.92 Å². The van der Waals surface area contributed by atoms with Crippen molar-refractivity contribution in [3.8, 4) is 0 Å². The molecule has 0 bridgehead atoms. The van der Waals surface area contributed by atoms with Gasteiger partial charge in [-0.15, -0.1) is 4.48 Å². The maximum Gasteiger partial charge on any atom is 0.137 e. The Labute approximate surface area is 237 Å². The van der Waals surface area contributed by atoms with Gasteiger partial charge in [-0.2, -0.15) is 0 Å². The summed E-state index contributed by atoms with van der Waals surface area (Å²) < 4.78 is 14.4. The number of carbonyl (C=O) groups is 1. The van der Waals surface area contributed by atoms with Crippen LogP contribution in [0.4, 0.5) is 4.48 Å². The lowest BCUT2D eigenvalue weighted by Gasteiger charge is -2.28. The summed E-state index contributed by atoms with van der Waals surface area (Å²) in [6, 6.07) is -0.420. The number of aldehydes is 1. The first-order chi connectivity index (χ1) is 17.9. The summed E-state index contributed by atoms with van der Waals surface area (Å²) in [5.41, 5.74) is 0.923. The quantitative estimate of drug-likeness (QED) is 0.0550. The average molecular weight is 550 g/mol. The third-order valence-electron chi connectivity index (χ3n) is 6.37. The van der Waals surface area contributed by atoms with Crippen LogP contribution in [0.25, 0.3) is 0 Å². The largest absolute Gasteiger partial charge is 0.381 e. The highest BCUT2D eigenvalue weighted by Crippen LogP contribution is 2.26. The van der Waals surface area contributed by atoms with Gasteiger partial charge in [-0.3, -0.25) is 10.2 Å². The highest BCUT2D eigenvalue weighted by atomic mass is 19.2. The van der Waals surface area contributed by atoms with Crippen molar-refractivity contribution in [1.82, 2.24) is 16.8 Å². The lowest BCUT2D eigenvalue weighted by atomic mass is 9.84. The average Bonchev–Trinajstić information content (AvgIpc) is 2.93. The summed E-state index contributed by atoms with van der Waals surface area (Å²) in [6.07, 6.45) is 16.9. The monoisotopic (exact) mass is 550 g/mol. The zero-order valence-corrected chi connectivity index (χ0v) is 26.7. The van der Waals surface area contributed by atoms with E-state index in [1.807, 2.05) is 20.8 Å². The molecular formula is C31H68FN3O3. The molecule has 0 aliphatic heterocycles. The summed E-state index contributed by atoms with van der Waals surface area (Å²) >= 11 is 0. The molecular weight excluding hydrogens is 481 g/mol. The minimum Gasteiger partial charge on any atom is -0.381 e. The standard InChI is InChI=1S/C17H34FNO.C9H17NO2.C3H8.C2H6.H3N/c1-6-10-13-16(12-8-3)20-19(18)17(14-11-7-2)15(5)9-4;11-6-9(10-7-12)8-4-2-1-3-5-8;1-3-2;1-2;/h16-17H,5-14H2,1-4H3;6,8-10,12H,1-5,7H2;3H2,1-2H3;1-2H3;1H3. The summed E-state index contributed by atoms with van der Waals surface area (Å²) in [6.45, 7) is 20.6. The van der Waals surface area contributed by atoms with E-state index in [9.17, 15) is 9.28 Å². The molecule has 1 aliphatic carbocycles. The highest BCUT2D eigenvalue weighted by Gasteiger charge is 2.24. The maximum atomic E-state index is 14.4. The van der Waals surface area contributed by atoms with Gasteiger partial charge in [0.2, 0.25) is 0 Å². The second kappa shape index (κ2) is 34.2. The number of hydrogen-bond donors (Lipinski definition) is 3. The molecule has 1 rings (SSSR count). The van der Waals surface area contributed by atoms with E-state index in [-0.39, 0.29) is 31.1 Å². The van der Waals surface area contributed by atoms with Gasteiger partial charge >= 0.3 is 0 Å². The van der Waals surface area contributed by atoms with Crippen LogP contribution < -0.4 is 11.5 Å². The molecule has 0 saturated heterocycles. The van der Waals surface area contributed by atoms with Gasteiger partial charge in [-0.25, -0.2) is 0 Å². The van der Waals surface area contributed by atoms with E-state index in [1.165, 1.54) is 25.7 Å². The smallest absolute Gasteiger partial charge is 0.137 e. The number of nitrogens with zero attached hydrogens (tertiary/aromatic N) is 1. The summed E-state index contributed by atoms with van der Waals surface area (Å²) in [5.74, 6) is 0.448. The van der Waals surface area contributed by atoms with Gasteiger partial charge in [0.05, 0.1) is 24.9 Å². The van der Waals surface area contributed by atoms with Gasteiger partial charge in [0.1, 0.15) is 6.29 Å². The topological polar surface area (TPSA) is 96.8 Å². The van der Waals surface area contributed by atoms with Crippen LogP contribution in [-0.2, 0) is 9.63 Å². The molecule has 0 amide bonds. The van der Waals surface area contributed by atoms with E-state index in [1.54, 1.807) is 0 Å². The Hall–Kier alpha value is -0.860. The fourth-order valence-electron chi connectivity index (χ4n) is 4.23. The number of aliphatic hydroxyl groups is 1. The molecule has 232 valence electrons. The van der Waals surface area contributed by atoms with Crippen molar-refractivity contribution in [2.24, 2.45) is 5.92 Å². The van der Waals surface area contributed by atoms with Gasteiger partial charge in [0.25, 0.3) is 0 Å². The predicted octanol–water partition coefficient (Wildman–Crippen LogP) is 9.27. The summed E-state index contributed by atoms with van der Waals surface area (Å²) in [7, 11) is 0. The van der Waals surface area contributed by atoms with Crippen LogP contribution in [-0.4, -0.2) is 41.6 Å². The fraction of sp³-hybridized carbons (Fsp3) is 0.903. The molecule has 38 heavy (non-hydrogen) atoms. The lowest BCUT2D eigenvalue weighted by Crippen LogP contribution is -2.39. The number of carbonyl (C=O) groups excluding carboxylic acids is 1. The van der Waals surface area contributed by atoms with Crippen LogP contribution in [0.5, 0.6) is 0 Å². The normalized spacial score (nSPS) is 15.2. The Bertz CT molecular complexity index is 477. The Balaban J connectivity index is -0.000000272. The predicted molar refractivity (Wildman–Crippen MR) is 164 cm³/mol. The van der Waals surface area contributed by atoms with Gasteiger partial charge in [0.15, 0.2) is 0 Å². The molecule has 0 aromatic carbocycles. The third kappa shape index (κ3) is 24.2. The van der Waals surface area contributed by atoms with Crippen molar-refractivity contribution >= 4 is 6.29 Å². The second-order valence-corrected chi connectivity index (χ2v) is 9.73. The molecule has 7 heteroatoms. The van der Waals surface area contributed by atoms with Crippen molar-refractivity contribution in [3.05, 3.63) is 12.2 Å². The Morgan fingerprint density at radius 1 is 1.00 bits per heavy atom. The summed E-state index contributed by atoms with van der Waals surface area (Å²) in [5, 5.41) is 12.0. The zero-order valence-electron chi connectivity index (χ0n) is 26.7. The van der Waals surface area contributed by atoms with Gasteiger partial charge in [-0.1, -0.05) is 125 Å². The van der Waals surface area contributed by atoms with E-state index < -0.39 is 0 Å². The minimum absolute atomic E-state index is 0. The second-order valence-electron chi connectivity index (χ2n) is 9.73. The molecule has 5 N–H and O–H groups in total. The number of nitrogens with one attached hydrogen (secondary N) is 1. The third-order valence-corrected chi connectivity index (χ3v) is 6.37. The Morgan fingerprint density at radius 3 is 1.95 bits per heavy atom. The molecule has 1 aliphatic rings. The van der Waals surface area contributed by atoms with Crippen molar-refractivity contribution in [2.45, 2.75) is 170 Å².